The van der Waals surface area contributed by atoms with Crippen LogP contribution in [0.3, 0.4) is 0 Å². The minimum absolute atomic E-state index is 0.190. The summed E-state index contributed by atoms with van der Waals surface area (Å²) in [5, 5.41) is 14.2. The molecule has 1 N–H and O–H groups in total. The van der Waals surface area contributed by atoms with Gasteiger partial charge in [-0.3, -0.25) is 9.59 Å². The van der Waals surface area contributed by atoms with Gasteiger partial charge in [0.25, 0.3) is 5.91 Å². The molecule has 138 valence electrons. The fourth-order valence-corrected chi connectivity index (χ4v) is 2.91. The highest BCUT2D eigenvalue weighted by molar-refractivity contribution is 6.39. The molecule has 0 bridgehead atoms. The quantitative estimate of drug-likeness (QED) is 0.705. The number of hydrogen-bond acceptors (Lipinski definition) is 5. The van der Waals surface area contributed by atoms with Gasteiger partial charge in [-0.1, -0.05) is 41.4 Å². The lowest BCUT2D eigenvalue weighted by Crippen LogP contribution is -2.35. The van der Waals surface area contributed by atoms with Crippen LogP contribution in [-0.4, -0.2) is 50.5 Å². The predicted octanol–water partition coefficient (Wildman–Crippen LogP) is 2.68. The number of benzene rings is 2. The van der Waals surface area contributed by atoms with E-state index >= 15 is 0 Å². The Bertz CT molecular complexity index is 957. The number of amides is 2. The summed E-state index contributed by atoms with van der Waals surface area (Å²) in [5.74, 6) is -0.790. The van der Waals surface area contributed by atoms with E-state index in [1.807, 2.05) is 0 Å². The molecule has 10 heteroatoms. The molecule has 0 aliphatic rings. The molecule has 0 aliphatic carbocycles. The topological polar surface area (TPSA) is 93.0 Å². The molecule has 0 atom stereocenters. The monoisotopic (exact) mass is 404 g/mol. The first-order valence-electron chi connectivity index (χ1n) is 7.79. The number of anilines is 1. The average Bonchev–Trinajstić information content (AvgIpc) is 3.19. The molecule has 2 amide bonds. The van der Waals surface area contributed by atoms with Crippen molar-refractivity contribution in [1.82, 2.24) is 25.1 Å². The minimum atomic E-state index is -0.430. The third kappa shape index (κ3) is 4.24. The van der Waals surface area contributed by atoms with Crippen LogP contribution in [0.5, 0.6) is 0 Å². The summed E-state index contributed by atoms with van der Waals surface area (Å²) in [6, 6.07) is 11.7. The Kier molecular flexibility index (Phi) is 5.68. The number of carbonyl (C=O) groups is 2. The third-order valence-electron chi connectivity index (χ3n) is 3.68. The Hall–Kier alpha value is -2.97. The predicted molar refractivity (Wildman–Crippen MR) is 101 cm³/mol. The largest absolute Gasteiger partial charge is 0.332 e. The molecule has 0 saturated heterocycles. The van der Waals surface area contributed by atoms with E-state index in [4.69, 9.17) is 23.2 Å². The van der Waals surface area contributed by atoms with E-state index in [2.05, 4.69) is 20.8 Å². The Morgan fingerprint density at radius 2 is 1.81 bits per heavy atom. The minimum Gasteiger partial charge on any atom is -0.332 e. The van der Waals surface area contributed by atoms with Crippen LogP contribution in [0.4, 0.5) is 5.69 Å². The van der Waals surface area contributed by atoms with Gasteiger partial charge in [-0.2, -0.15) is 4.68 Å². The van der Waals surface area contributed by atoms with Crippen LogP contribution in [-0.2, 0) is 4.79 Å². The van der Waals surface area contributed by atoms with Crippen molar-refractivity contribution < 1.29 is 9.59 Å². The highest BCUT2D eigenvalue weighted by Crippen LogP contribution is 2.29. The maximum Gasteiger partial charge on any atom is 0.256 e. The van der Waals surface area contributed by atoms with Crippen LogP contribution in [0.15, 0.2) is 48.8 Å². The second-order valence-corrected chi connectivity index (χ2v) is 6.39. The molecule has 2 aromatic carbocycles. The fourth-order valence-electron chi connectivity index (χ4n) is 2.41. The number of carbonyl (C=O) groups excluding carboxylic acids is 2. The van der Waals surface area contributed by atoms with E-state index in [9.17, 15) is 9.59 Å². The Balaban J connectivity index is 1.74. The molecule has 1 aromatic heterocycles. The second kappa shape index (κ2) is 8.15. The summed E-state index contributed by atoms with van der Waals surface area (Å²) >= 11 is 12.1. The molecular formula is C17H14Cl2N6O2. The SMILES string of the molecule is CN(CC(=O)Nc1c(Cl)cccc1Cl)C(=O)c1ccccc1-n1cnnn1. The number of tetrazole rings is 1. The van der Waals surface area contributed by atoms with Gasteiger partial charge in [-0.15, -0.1) is 5.10 Å². The third-order valence-corrected chi connectivity index (χ3v) is 4.31. The summed E-state index contributed by atoms with van der Waals surface area (Å²) < 4.78 is 1.38. The Morgan fingerprint density at radius 3 is 2.48 bits per heavy atom. The zero-order valence-corrected chi connectivity index (χ0v) is 15.6. The maximum absolute atomic E-state index is 12.8. The van der Waals surface area contributed by atoms with Crippen LogP contribution in [0, 0.1) is 0 Å². The molecule has 3 aromatic rings. The standard InChI is InChI=1S/C17H14Cl2N6O2/c1-24(9-15(26)21-16-12(18)6-4-7-13(16)19)17(27)11-5-2-3-8-14(11)25-10-20-22-23-25/h2-8,10H,9H2,1H3,(H,21,26). The van der Waals surface area contributed by atoms with Gasteiger partial charge in [0, 0.05) is 7.05 Å². The molecule has 0 spiro atoms. The highest BCUT2D eigenvalue weighted by Gasteiger charge is 2.20. The molecule has 0 fully saturated rings. The Labute approximate surface area is 164 Å². The molecule has 27 heavy (non-hydrogen) atoms. The lowest BCUT2D eigenvalue weighted by molar-refractivity contribution is -0.116. The van der Waals surface area contributed by atoms with Gasteiger partial charge >= 0.3 is 0 Å². The smallest absolute Gasteiger partial charge is 0.256 e. The van der Waals surface area contributed by atoms with Crippen molar-refractivity contribution in [2.45, 2.75) is 0 Å². The van der Waals surface area contributed by atoms with Crippen molar-refractivity contribution >= 4 is 40.7 Å². The van der Waals surface area contributed by atoms with Gasteiger partial charge in [0.2, 0.25) is 5.91 Å². The zero-order chi connectivity index (χ0) is 19.4. The van der Waals surface area contributed by atoms with Crippen LogP contribution in [0.2, 0.25) is 10.0 Å². The maximum atomic E-state index is 12.8. The van der Waals surface area contributed by atoms with E-state index in [1.54, 1.807) is 42.5 Å². The zero-order valence-electron chi connectivity index (χ0n) is 14.1. The van der Waals surface area contributed by atoms with Gasteiger partial charge in [0.15, 0.2) is 0 Å². The summed E-state index contributed by atoms with van der Waals surface area (Å²) in [7, 11) is 1.52. The molecule has 0 saturated carbocycles. The van der Waals surface area contributed by atoms with E-state index in [1.165, 1.54) is 23.0 Å². The summed E-state index contributed by atoms with van der Waals surface area (Å²) in [6.07, 6.45) is 1.39. The lowest BCUT2D eigenvalue weighted by atomic mass is 10.1. The van der Waals surface area contributed by atoms with Gasteiger partial charge in [-0.25, -0.2) is 0 Å². The summed E-state index contributed by atoms with van der Waals surface area (Å²) in [6.45, 7) is -0.190. The molecular weight excluding hydrogens is 391 g/mol. The van der Waals surface area contributed by atoms with Crippen LogP contribution in [0.25, 0.3) is 5.69 Å². The molecule has 0 aliphatic heterocycles. The number of nitrogens with one attached hydrogen (secondary N) is 1. The van der Waals surface area contributed by atoms with E-state index < -0.39 is 5.91 Å². The molecule has 0 unspecified atom stereocenters. The number of hydrogen-bond donors (Lipinski definition) is 1. The van der Waals surface area contributed by atoms with Crippen molar-refractivity contribution in [3.63, 3.8) is 0 Å². The van der Waals surface area contributed by atoms with E-state index in [0.29, 0.717) is 27.0 Å². The first-order valence-corrected chi connectivity index (χ1v) is 8.54. The van der Waals surface area contributed by atoms with Crippen LogP contribution < -0.4 is 5.32 Å². The summed E-state index contributed by atoms with van der Waals surface area (Å²) in [4.78, 5) is 26.4. The van der Waals surface area contributed by atoms with E-state index in [-0.39, 0.29) is 12.5 Å². The van der Waals surface area contributed by atoms with Crippen molar-refractivity contribution in [2.24, 2.45) is 0 Å². The number of aromatic nitrogens is 4. The average molecular weight is 405 g/mol. The van der Waals surface area contributed by atoms with Crippen molar-refractivity contribution in [3.05, 3.63) is 64.4 Å². The van der Waals surface area contributed by atoms with Crippen LogP contribution in [0.1, 0.15) is 10.4 Å². The van der Waals surface area contributed by atoms with Crippen molar-refractivity contribution in [1.29, 1.82) is 0 Å². The first-order chi connectivity index (χ1) is 13.0. The highest BCUT2D eigenvalue weighted by atomic mass is 35.5. The van der Waals surface area contributed by atoms with Gasteiger partial charge in [0.05, 0.1) is 33.5 Å². The van der Waals surface area contributed by atoms with Gasteiger partial charge in [-0.05, 0) is 34.7 Å². The van der Waals surface area contributed by atoms with Gasteiger partial charge in [0.1, 0.15) is 6.33 Å². The number of nitrogens with zero attached hydrogens (tertiary/aromatic N) is 5. The first kappa shape index (κ1) is 18.8. The van der Waals surface area contributed by atoms with Crippen molar-refractivity contribution in [3.8, 4) is 5.69 Å². The molecule has 3 rings (SSSR count). The number of para-hydroxylation sites is 2. The molecule has 1 heterocycles. The lowest BCUT2D eigenvalue weighted by Gasteiger charge is -2.19. The Morgan fingerprint density at radius 1 is 1.11 bits per heavy atom. The second-order valence-electron chi connectivity index (χ2n) is 5.58. The molecule has 0 radical (unpaired) electrons. The summed E-state index contributed by atoms with van der Waals surface area (Å²) in [5.41, 5.74) is 1.17. The van der Waals surface area contributed by atoms with Crippen LogP contribution >= 0.6 is 23.2 Å². The molecule has 8 nitrogen and oxygen atoms in total. The normalized spacial score (nSPS) is 10.5. The fraction of sp³-hybridized carbons (Fsp3) is 0.118. The number of likely N-dealkylation sites (N-methyl/N-ethyl adjacent to an activating group) is 1. The number of halogens is 2. The van der Waals surface area contributed by atoms with Gasteiger partial charge < -0.3 is 10.2 Å². The number of rotatable bonds is 5. The van der Waals surface area contributed by atoms with E-state index in [0.717, 1.165) is 0 Å². The van der Waals surface area contributed by atoms with Crippen molar-refractivity contribution in [2.75, 3.05) is 18.9 Å².